The summed E-state index contributed by atoms with van der Waals surface area (Å²) in [6, 6.07) is 2.46. The molecule has 0 aromatic carbocycles. The molecule has 0 N–H and O–H groups in total. The van der Waals surface area contributed by atoms with Gasteiger partial charge < -0.3 is 0 Å². The number of thiophene rings is 1. The minimum atomic E-state index is -3.87. The van der Waals surface area contributed by atoms with Crippen molar-refractivity contribution >= 4 is 41.1 Å². The largest absolute Gasteiger partial charge is 0.270 e. The molecular formula is C8H12ClNO4S3. The van der Waals surface area contributed by atoms with Gasteiger partial charge in [0.2, 0.25) is 0 Å². The Labute approximate surface area is 109 Å². The van der Waals surface area contributed by atoms with Crippen molar-refractivity contribution in [1.82, 2.24) is 4.31 Å². The van der Waals surface area contributed by atoms with E-state index in [1.807, 2.05) is 0 Å². The van der Waals surface area contributed by atoms with Crippen molar-refractivity contribution in [2.24, 2.45) is 0 Å². The monoisotopic (exact) mass is 317 g/mol. The summed E-state index contributed by atoms with van der Waals surface area (Å²) in [5.74, 6) is 0. The Balaban J connectivity index is 3.23. The van der Waals surface area contributed by atoms with Crippen LogP contribution >= 0.6 is 22.0 Å². The summed E-state index contributed by atoms with van der Waals surface area (Å²) in [6.45, 7) is 4.10. The SMILES string of the molecule is CCN(CC)S(=O)(=O)c1ccc(S(=O)(=O)Cl)s1. The van der Waals surface area contributed by atoms with Crippen LogP contribution in [0.4, 0.5) is 0 Å². The molecule has 0 bridgehead atoms. The maximum atomic E-state index is 12.0. The lowest BCUT2D eigenvalue weighted by molar-refractivity contribution is 0.447. The fraction of sp³-hybridized carbons (Fsp3) is 0.500. The van der Waals surface area contributed by atoms with Crippen LogP contribution in [0.1, 0.15) is 13.8 Å². The van der Waals surface area contributed by atoms with Crippen LogP contribution in [-0.4, -0.2) is 34.2 Å². The zero-order valence-electron chi connectivity index (χ0n) is 9.25. The lowest BCUT2D eigenvalue weighted by Crippen LogP contribution is -2.29. The second kappa shape index (κ2) is 5.23. The van der Waals surface area contributed by atoms with Gasteiger partial charge in [-0.15, -0.1) is 11.3 Å². The topological polar surface area (TPSA) is 71.5 Å². The number of hydrogen-bond acceptors (Lipinski definition) is 5. The van der Waals surface area contributed by atoms with E-state index in [-0.39, 0.29) is 8.42 Å². The Morgan fingerprint density at radius 3 is 1.94 bits per heavy atom. The minimum Gasteiger partial charge on any atom is -0.206 e. The number of nitrogens with zero attached hydrogens (tertiary/aromatic N) is 1. The molecule has 0 saturated carbocycles. The summed E-state index contributed by atoms with van der Waals surface area (Å²) in [5.41, 5.74) is 0. The molecule has 0 spiro atoms. The van der Waals surface area contributed by atoms with Crippen LogP contribution in [-0.2, 0) is 19.1 Å². The van der Waals surface area contributed by atoms with E-state index in [4.69, 9.17) is 10.7 Å². The highest BCUT2D eigenvalue weighted by molar-refractivity contribution is 8.15. The van der Waals surface area contributed by atoms with E-state index in [0.29, 0.717) is 24.4 Å². The lowest BCUT2D eigenvalue weighted by atomic mass is 10.7. The molecule has 98 valence electrons. The van der Waals surface area contributed by atoms with Crippen molar-refractivity contribution in [1.29, 1.82) is 0 Å². The average Bonchev–Trinajstić information content (AvgIpc) is 2.67. The smallest absolute Gasteiger partial charge is 0.206 e. The van der Waals surface area contributed by atoms with E-state index in [0.717, 1.165) is 0 Å². The Morgan fingerprint density at radius 1 is 1.12 bits per heavy atom. The summed E-state index contributed by atoms with van der Waals surface area (Å²) in [4.78, 5) is 0. The molecule has 0 aliphatic carbocycles. The first-order valence-electron chi connectivity index (χ1n) is 4.78. The fourth-order valence-corrected chi connectivity index (χ4v) is 5.41. The second-order valence-corrected chi connectivity index (χ2v) is 9.14. The van der Waals surface area contributed by atoms with E-state index in [9.17, 15) is 16.8 Å². The molecule has 0 amide bonds. The van der Waals surface area contributed by atoms with Crippen LogP contribution in [0.3, 0.4) is 0 Å². The molecule has 0 aliphatic rings. The molecule has 1 aromatic heterocycles. The highest BCUT2D eigenvalue weighted by Crippen LogP contribution is 2.29. The maximum absolute atomic E-state index is 12.0. The van der Waals surface area contributed by atoms with Crippen molar-refractivity contribution in [3.63, 3.8) is 0 Å². The van der Waals surface area contributed by atoms with Crippen LogP contribution < -0.4 is 0 Å². The Morgan fingerprint density at radius 2 is 1.59 bits per heavy atom. The van der Waals surface area contributed by atoms with Gasteiger partial charge in [-0.3, -0.25) is 0 Å². The van der Waals surface area contributed by atoms with Crippen LogP contribution in [0.2, 0.25) is 0 Å². The average molecular weight is 318 g/mol. The number of halogens is 1. The highest BCUT2D eigenvalue weighted by atomic mass is 35.7. The quantitative estimate of drug-likeness (QED) is 0.775. The summed E-state index contributed by atoms with van der Waals surface area (Å²) in [5, 5.41) is 0. The summed E-state index contributed by atoms with van der Waals surface area (Å²) in [7, 11) is -2.34. The van der Waals surface area contributed by atoms with Crippen molar-refractivity contribution < 1.29 is 16.8 Å². The third-order valence-electron chi connectivity index (χ3n) is 2.10. The minimum absolute atomic E-state index is 0.0135. The Hall–Kier alpha value is -0.150. The summed E-state index contributed by atoms with van der Waals surface area (Å²) < 4.78 is 47.2. The zero-order chi connectivity index (χ0) is 13.3. The van der Waals surface area contributed by atoms with E-state index >= 15 is 0 Å². The van der Waals surface area contributed by atoms with Gasteiger partial charge in [-0.25, -0.2) is 16.8 Å². The third kappa shape index (κ3) is 3.19. The zero-order valence-corrected chi connectivity index (χ0v) is 12.5. The van der Waals surface area contributed by atoms with Gasteiger partial charge in [0.15, 0.2) is 0 Å². The molecular weight excluding hydrogens is 306 g/mol. The van der Waals surface area contributed by atoms with Crippen LogP contribution in [0, 0.1) is 0 Å². The normalized spacial score (nSPS) is 13.2. The first kappa shape index (κ1) is 14.9. The van der Waals surface area contributed by atoms with E-state index < -0.39 is 19.1 Å². The molecule has 1 heterocycles. The first-order valence-corrected chi connectivity index (χ1v) is 9.34. The van der Waals surface area contributed by atoms with Gasteiger partial charge in [0.25, 0.3) is 19.1 Å². The van der Waals surface area contributed by atoms with Gasteiger partial charge in [0.05, 0.1) is 0 Å². The van der Waals surface area contributed by atoms with Gasteiger partial charge in [-0.1, -0.05) is 13.8 Å². The van der Waals surface area contributed by atoms with E-state index in [1.54, 1.807) is 13.8 Å². The van der Waals surface area contributed by atoms with Crippen molar-refractivity contribution in [3.05, 3.63) is 12.1 Å². The molecule has 1 rings (SSSR count). The third-order valence-corrected chi connectivity index (χ3v) is 7.79. The Kier molecular flexibility index (Phi) is 4.59. The van der Waals surface area contributed by atoms with Crippen LogP contribution in [0.25, 0.3) is 0 Å². The number of sulfonamides is 1. The second-order valence-electron chi connectivity index (χ2n) is 3.10. The van der Waals surface area contributed by atoms with E-state index in [2.05, 4.69) is 0 Å². The molecule has 0 radical (unpaired) electrons. The molecule has 17 heavy (non-hydrogen) atoms. The van der Waals surface area contributed by atoms with Crippen LogP contribution in [0.5, 0.6) is 0 Å². The maximum Gasteiger partial charge on any atom is 0.270 e. The molecule has 0 saturated heterocycles. The molecule has 0 aliphatic heterocycles. The van der Waals surface area contributed by atoms with Gasteiger partial charge >= 0.3 is 0 Å². The molecule has 9 heteroatoms. The molecule has 1 aromatic rings. The molecule has 0 fully saturated rings. The summed E-state index contributed by atoms with van der Waals surface area (Å²) in [6.07, 6.45) is 0. The lowest BCUT2D eigenvalue weighted by Gasteiger charge is -2.16. The van der Waals surface area contributed by atoms with Crippen molar-refractivity contribution in [2.75, 3.05) is 13.1 Å². The predicted octanol–water partition coefficient (Wildman–Crippen LogP) is 1.71. The first-order chi connectivity index (χ1) is 7.73. The van der Waals surface area contributed by atoms with Gasteiger partial charge in [-0.2, -0.15) is 4.31 Å². The van der Waals surface area contributed by atoms with Crippen LogP contribution in [0.15, 0.2) is 20.6 Å². The highest BCUT2D eigenvalue weighted by Gasteiger charge is 2.25. The van der Waals surface area contributed by atoms with E-state index in [1.165, 1.54) is 16.4 Å². The fourth-order valence-electron chi connectivity index (χ4n) is 1.26. The molecule has 0 atom stereocenters. The predicted molar refractivity (Wildman–Crippen MR) is 67.5 cm³/mol. The van der Waals surface area contributed by atoms with Crippen molar-refractivity contribution in [2.45, 2.75) is 22.3 Å². The standard InChI is InChI=1S/C8H12ClNO4S3/c1-3-10(4-2)17(13,14)8-6-5-7(15-8)16(9,11)12/h5-6H,3-4H2,1-2H3. The van der Waals surface area contributed by atoms with Gasteiger partial charge in [0.1, 0.15) is 8.42 Å². The molecule has 0 unspecified atom stereocenters. The number of rotatable bonds is 5. The Bertz CT molecular complexity index is 586. The van der Waals surface area contributed by atoms with Crippen molar-refractivity contribution in [3.8, 4) is 0 Å². The summed E-state index contributed by atoms with van der Waals surface area (Å²) >= 11 is 0.656. The molecule has 5 nitrogen and oxygen atoms in total. The van der Waals surface area contributed by atoms with Gasteiger partial charge in [0, 0.05) is 23.8 Å². The number of hydrogen-bond donors (Lipinski definition) is 0. The van der Waals surface area contributed by atoms with Gasteiger partial charge in [-0.05, 0) is 12.1 Å².